The molecule has 4 aromatic carbocycles. The number of hydrogen-bond acceptors (Lipinski definition) is 28. The van der Waals surface area contributed by atoms with Crippen molar-refractivity contribution in [2.75, 3.05) is 110 Å². The molecule has 33 nitrogen and oxygen atoms in total. The Morgan fingerprint density at radius 2 is 0.845 bits per heavy atom. The summed E-state index contributed by atoms with van der Waals surface area (Å²) in [5, 5.41) is 18.8. The third-order valence-electron chi connectivity index (χ3n) is 30.6. The zero-order valence-electron chi connectivity index (χ0n) is 83.1. The summed E-state index contributed by atoms with van der Waals surface area (Å²) in [7, 11) is 19.2. The SMILES string of the molecule is COC(=O)C1CC2(C1)CN(Cc1c(OC)cc(-c3cn(C)c(=O)c4cnccc34)cc1OC)C2.COC(=O)C1CC2(CCC2)C1.COC(=O)C1CC2(CNC2)C1.COc1cc(-c2cn(C)c(=O)c3cnccc23)cc(OC)c1C=O.COc1cc(-c2cn(C)c(=O)c3cnccc23)cc(OC)c1CN1CC2(CC(C(=O)O)C2)C1.NCCCCCCCCCc1cccc2c1C(=O)C(C1CCC(=O)NC1=O)C2=O. The molecule has 4 spiro atoms. The van der Waals surface area contributed by atoms with E-state index in [0.29, 0.717) is 74.6 Å². The highest BCUT2D eigenvalue weighted by molar-refractivity contribution is 6.28. The van der Waals surface area contributed by atoms with Crippen LogP contribution >= 0.6 is 0 Å². The number of nitrogens with two attached hydrogens (primary N) is 1. The highest BCUT2D eigenvalue weighted by Crippen LogP contribution is 2.60. The van der Waals surface area contributed by atoms with Gasteiger partial charge in [-0.3, -0.25) is 87.6 Å². The number of esters is 3. The molecule has 5 N–H and O–H groups in total. The first kappa shape index (κ1) is 103. The largest absolute Gasteiger partial charge is 0.496 e. The molecule has 4 saturated heterocycles. The number of carboxylic acids is 1. The minimum atomic E-state index is -0.984. The van der Waals surface area contributed by atoms with Crippen molar-refractivity contribution in [3.8, 4) is 67.9 Å². The Morgan fingerprint density at radius 3 is 1.20 bits per heavy atom. The lowest BCUT2D eigenvalue weighted by atomic mass is 9.52. The van der Waals surface area contributed by atoms with Crippen molar-refractivity contribution in [1.82, 2.24) is 49.1 Å². The van der Waals surface area contributed by atoms with Gasteiger partial charge in [-0.25, -0.2) is 0 Å². The number of carboxylic acid groups (broad SMARTS) is 1. The highest BCUT2D eigenvalue weighted by atomic mass is 16.5. The summed E-state index contributed by atoms with van der Waals surface area (Å²) in [5.41, 5.74) is 16.0. The summed E-state index contributed by atoms with van der Waals surface area (Å²) in [4.78, 5) is 160. The number of aryl methyl sites for hydroxylation is 4. The number of ketones is 2. The number of benzene rings is 4. The Balaban J connectivity index is 0.000000133. The lowest BCUT2D eigenvalue weighted by molar-refractivity contribution is -0.164. The molecule has 9 fully saturated rings. The molecule has 10 heterocycles. The van der Waals surface area contributed by atoms with E-state index in [4.69, 9.17) is 38.9 Å². The van der Waals surface area contributed by atoms with E-state index >= 15 is 0 Å². The molecule has 10 aliphatic rings. The molecule has 2 atom stereocenters. The molecule has 10 aromatic rings. The van der Waals surface area contributed by atoms with Gasteiger partial charge in [-0.1, -0.05) is 56.7 Å². The van der Waals surface area contributed by atoms with Crippen molar-refractivity contribution in [3.05, 3.63) is 193 Å². The number of carbonyl (C=O) groups excluding carboxylic acids is 8. The third-order valence-corrected chi connectivity index (χ3v) is 30.6. The molecule has 33 heteroatoms. The number of unbranched alkanes of at least 4 members (excludes halogenated alkanes) is 6. The number of aromatic nitrogens is 6. The van der Waals surface area contributed by atoms with Gasteiger partial charge in [0.25, 0.3) is 16.7 Å². The molecule has 6 aliphatic carbocycles. The number of aldehydes is 1. The van der Waals surface area contributed by atoms with Crippen molar-refractivity contribution < 1.29 is 90.9 Å². The van der Waals surface area contributed by atoms with Crippen LogP contribution in [-0.4, -0.2) is 207 Å². The van der Waals surface area contributed by atoms with Crippen molar-refractivity contribution in [3.63, 3.8) is 0 Å². The second-order valence-electron chi connectivity index (χ2n) is 40.0. The first-order valence-electron chi connectivity index (χ1n) is 48.8. The van der Waals surface area contributed by atoms with Gasteiger partial charge < -0.3 is 72.5 Å². The van der Waals surface area contributed by atoms with Crippen molar-refractivity contribution in [2.24, 2.45) is 84.0 Å². The van der Waals surface area contributed by atoms with Gasteiger partial charge in [-0.05, 0) is 211 Å². The lowest BCUT2D eigenvalue weighted by Crippen LogP contribution is -2.62. The number of methoxy groups -OCH3 is 9. The molecule has 20 rings (SSSR count). The topological polar surface area (TPSA) is 418 Å². The van der Waals surface area contributed by atoms with E-state index < -0.39 is 23.7 Å². The lowest BCUT2D eigenvalue weighted by Gasteiger charge is -2.58. The van der Waals surface area contributed by atoms with Crippen molar-refractivity contribution >= 4 is 85.9 Å². The van der Waals surface area contributed by atoms with Gasteiger partial charge in [0.15, 0.2) is 17.9 Å². The Labute approximate surface area is 824 Å². The summed E-state index contributed by atoms with van der Waals surface area (Å²) in [6.45, 7) is 8.01. The monoisotopic (exact) mass is 1940 g/mol. The summed E-state index contributed by atoms with van der Waals surface area (Å²) >= 11 is 0. The number of Topliss-reactive ketones (excluding diaryl/α,β-unsaturated/α-hetero) is 2. The molecular weight excluding hydrogens is 1820 g/mol. The molecule has 752 valence electrons. The van der Waals surface area contributed by atoms with Crippen LogP contribution in [0.4, 0.5) is 0 Å². The van der Waals surface area contributed by atoms with Gasteiger partial charge in [0.1, 0.15) is 34.5 Å². The zero-order valence-corrected chi connectivity index (χ0v) is 83.1. The van der Waals surface area contributed by atoms with Gasteiger partial charge >= 0.3 is 23.9 Å². The second kappa shape index (κ2) is 44.4. The molecule has 0 radical (unpaired) electrons. The van der Waals surface area contributed by atoms with E-state index in [1.807, 2.05) is 60.9 Å². The average Bonchev–Trinajstić information content (AvgIpc) is 1.34. The number of carbonyl (C=O) groups is 9. The molecule has 6 aromatic heterocycles. The highest BCUT2D eigenvalue weighted by Gasteiger charge is 2.57. The first-order valence-corrected chi connectivity index (χ1v) is 48.8. The van der Waals surface area contributed by atoms with Gasteiger partial charge in [0.2, 0.25) is 11.8 Å². The van der Waals surface area contributed by atoms with Crippen LogP contribution in [0, 0.1) is 57.2 Å². The van der Waals surface area contributed by atoms with Crippen LogP contribution < -0.4 is 61.5 Å². The van der Waals surface area contributed by atoms with Crippen molar-refractivity contribution in [2.45, 2.75) is 148 Å². The summed E-state index contributed by atoms with van der Waals surface area (Å²) in [5.74, 6) is 0.132. The molecular formula is C109H129N11O22. The number of likely N-dealkylation sites (tertiary alicyclic amines) is 2. The predicted molar refractivity (Wildman–Crippen MR) is 533 cm³/mol. The Kier molecular flexibility index (Phi) is 32.2. The minimum absolute atomic E-state index is 0.00234. The van der Waals surface area contributed by atoms with E-state index in [2.05, 4.69) is 44.9 Å². The number of rotatable bonds is 28. The predicted octanol–water partition coefficient (Wildman–Crippen LogP) is 13.2. The third kappa shape index (κ3) is 21.5. The zero-order chi connectivity index (χ0) is 101. The van der Waals surface area contributed by atoms with Crippen LogP contribution in [0.3, 0.4) is 0 Å². The number of fused-ring (bicyclic) bond motifs is 4. The molecule has 0 bridgehead atoms. The molecule has 2 unspecified atom stereocenters. The van der Waals surface area contributed by atoms with Crippen LogP contribution in [0.5, 0.6) is 34.5 Å². The first-order chi connectivity index (χ1) is 68.4. The number of hydrogen-bond donors (Lipinski definition) is 4. The number of ether oxygens (including phenoxy) is 9. The molecule has 5 saturated carbocycles. The number of nitrogens with one attached hydrogen (secondary N) is 2. The summed E-state index contributed by atoms with van der Waals surface area (Å²) in [6.07, 6.45) is 36.6. The van der Waals surface area contributed by atoms with E-state index in [0.717, 1.165) is 219 Å². The van der Waals surface area contributed by atoms with E-state index in [1.54, 1.807) is 126 Å². The molecule has 2 amide bonds. The van der Waals surface area contributed by atoms with Gasteiger partial charge in [0.05, 0.1) is 132 Å². The van der Waals surface area contributed by atoms with Gasteiger partial charge in [0, 0.05) is 164 Å². The average molecular weight is 1950 g/mol. The van der Waals surface area contributed by atoms with E-state index in [-0.39, 0.29) is 99.4 Å². The van der Waals surface area contributed by atoms with Gasteiger partial charge in [-0.15, -0.1) is 0 Å². The fraction of sp³-hybridized carbons (Fsp3) is 0.477. The van der Waals surface area contributed by atoms with Gasteiger partial charge in [-0.2, -0.15) is 0 Å². The number of pyridine rings is 6. The standard InChI is InChI=1S/C26H29N3O5.C25H27N3O5.C23H30N2O4.C18H16N2O4.C9H14O2.C8H13NO2/c1-28-12-20(18-5-6-27-11-19(18)24(28)30)16-7-22(32-2)21(23(8-16)33-3)13-29-14-26(15-29)9-17(10-26)25(31)34-4;1-27-11-19(17-4-5-26-10-18(17)23(27)29)15-6-21(32-2)20(22(7-15)33-3)12-28-13-25(14-28)8-16(9-25)24(30)31;24-14-7-5-3-1-2-4-6-9-15-10-8-11-16-19(15)22(28)20(21(16)27)17-12-13-18(26)25-23(17)29;1-20-9-14(12-4-5-19-8-13(12)18(20)22)11-6-16(23-2)15(10-21)17(7-11)24-3;1-11-8(10)7-5-9(6-7)3-2-4-9;1-11-7(10)6-2-8(3-6)4-9-5-8/h5-8,11-12,17H,9-10,13-15H2,1-4H3;4-7,10-11,16H,8-9,12-14H2,1-3H3,(H,30,31);8,10-11,17,20H,1-7,9,12-14,24H2,(H,25,26,29);4-10H,1-3H3;7H,2-6H2,1H3;6,9H,2-5H2,1H3. The molecule has 142 heavy (non-hydrogen) atoms. The maximum atomic E-state index is 13.1. The fourth-order valence-corrected chi connectivity index (χ4v) is 22.9. The van der Waals surface area contributed by atoms with Crippen LogP contribution in [0.15, 0.2) is 143 Å². The van der Waals surface area contributed by atoms with Crippen LogP contribution in [0.1, 0.15) is 176 Å². The Morgan fingerprint density at radius 1 is 0.465 bits per heavy atom. The quantitative estimate of drug-likeness (QED) is 0.00883. The number of aliphatic carboxylic acids is 1. The van der Waals surface area contributed by atoms with Crippen LogP contribution in [0.2, 0.25) is 0 Å². The minimum Gasteiger partial charge on any atom is -0.496 e. The maximum absolute atomic E-state index is 13.1. The Bertz CT molecular complexity index is 6510. The number of imide groups is 1. The summed E-state index contributed by atoms with van der Waals surface area (Å²) < 4.78 is 52.6. The molecule has 4 aliphatic heterocycles. The normalized spacial score (nSPS) is 19.4. The number of piperidine rings is 1. The van der Waals surface area contributed by atoms with E-state index in [9.17, 15) is 62.6 Å². The smallest absolute Gasteiger partial charge is 0.308 e. The fourth-order valence-electron chi connectivity index (χ4n) is 22.9. The Hall–Kier alpha value is -13.4. The van der Waals surface area contributed by atoms with Crippen molar-refractivity contribution in [1.29, 1.82) is 0 Å². The second-order valence-corrected chi connectivity index (χ2v) is 40.0. The number of nitrogens with zero attached hydrogens (tertiary/aromatic N) is 8. The van der Waals surface area contributed by atoms with Crippen LogP contribution in [0.25, 0.3) is 65.7 Å². The maximum Gasteiger partial charge on any atom is 0.308 e. The summed E-state index contributed by atoms with van der Waals surface area (Å²) in [6, 6.07) is 22.4. The van der Waals surface area contributed by atoms with E-state index in [1.165, 1.54) is 78.6 Å². The van der Waals surface area contributed by atoms with Crippen LogP contribution in [-0.2, 0) is 83.6 Å². The number of amides is 2.